The maximum Gasteiger partial charge on any atom is 0.347 e. The highest BCUT2D eigenvalue weighted by atomic mass is 16.6. The highest BCUT2D eigenvalue weighted by Gasteiger charge is 2.22. The predicted octanol–water partition coefficient (Wildman–Crippen LogP) is 0.0443. The molecule has 0 amide bonds. The zero-order valence-electron chi connectivity index (χ0n) is 8.73. The summed E-state index contributed by atoms with van der Waals surface area (Å²) in [6.45, 7) is 3.18. The molecule has 0 aliphatic carbocycles. The minimum atomic E-state index is -0.937. The lowest BCUT2D eigenvalue weighted by Crippen LogP contribution is -2.30. The molecule has 1 unspecified atom stereocenters. The molecule has 6 nitrogen and oxygen atoms in total. The van der Waals surface area contributed by atoms with Crippen LogP contribution in [0.25, 0.3) is 0 Å². The van der Waals surface area contributed by atoms with Crippen LogP contribution in [0, 0.1) is 0 Å². The fourth-order valence-electron chi connectivity index (χ4n) is 0.828. The van der Waals surface area contributed by atoms with Gasteiger partial charge in [-0.05, 0) is 13.3 Å². The second kappa shape index (κ2) is 7.78. The van der Waals surface area contributed by atoms with Crippen molar-refractivity contribution in [3.8, 4) is 0 Å². The predicted molar refractivity (Wildman–Crippen MR) is 48.8 cm³/mol. The summed E-state index contributed by atoms with van der Waals surface area (Å²) >= 11 is 0. The van der Waals surface area contributed by atoms with E-state index in [-0.39, 0.29) is 13.1 Å². The first-order valence-electron chi connectivity index (χ1n) is 4.57. The number of esters is 2. The van der Waals surface area contributed by atoms with Crippen molar-refractivity contribution >= 4 is 18.4 Å². The number of hydrogen-bond acceptors (Lipinski definition) is 6. The van der Waals surface area contributed by atoms with E-state index in [4.69, 9.17) is 4.74 Å². The van der Waals surface area contributed by atoms with Crippen molar-refractivity contribution in [2.24, 2.45) is 0 Å². The van der Waals surface area contributed by atoms with Gasteiger partial charge in [-0.1, -0.05) is 6.92 Å². The van der Waals surface area contributed by atoms with Crippen LogP contribution in [0.1, 0.15) is 20.3 Å². The maximum atomic E-state index is 11.2. The molecule has 86 valence electrons. The molecule has 0 aromatic heterocycles. The van der Waals surface area contributed by atoms with Gasteiger partial charge >= 0.3 is 11.9 Å². The van der Waals surface area contributed by atoms with Gasteiger partial charge in [0.1, 0.15) is 0 Å². The third-order valence-corrected chi connectivity index (χ3v) is 1.46. The molecule has 1 atom stereocenters. The third-order valence-electron chi connectivity index (χ3n) is 1.46. The van der Waals surface area contributed by atoms with Gasteiger partial charge in [0.25, 0.3) is 6.47 Å². The van der Waals surface area contributed by atoms with Gasteiger partial charge in [0, 0.05) is 0 Å². The van der Waals surface area contributed by atoms with Crippen molar-refractivity contribution in [3.05, 3.63) is 0 Å². The highest BCUT2D eigenvalue weighted by Crippen LogP contribution is 2.01. The topological polar surface area (TPSA) is 78.9 Å². The molecule has 0 aromatic rings. The Labute approximate surface area is 87.5 Å². The fraction of sp³-hybridized carbons (Fsp3) is 0.667. The molecule has 0 rings (SSSR count). The van der Waals surface area contributed by atoms with E-state index in [1.807, 2.05) is 0 Å². The van der Waals surface area contributed by atoms with Gasteiger partial charge in [-0.3, -0.25) is 4.79 Å². The van der Waals surface area contributed by atoms with Gasteiger partial charge in [-0.15, -0.1) is 0 Å². The molecular weight excluding hydrogens is 204 g/mol. The van der Waals surface area contributed by atoms with Gasteiger partial charge < -0.3 is 14.2 Å². The lowest BCUT2D eigenvalue weighted by molar-refractivity contribution is -0.170. The molecule has 0 fully saturated rings. The van der Waals surface area contributed by atoms with Crippen molar-refractivity contribution in [1.29, 1.82) is 0 Å². The minimum absolute atomic E-state index is 0.132. The van der Waals surface area contributed by atoms with Gasteiger partial charge in [0.05, 0.1) is 6.61 Å². The SMILES string of the molecule is CCOC(=O)C(CC)OC(=O)COC=O. The molecule has 0 radical (unpaired) electrons. The Morgan fingerprint density at radius 1 is 1.33 bits per heavy atom. The van der Waals surface area contributed by atoms with E-state index < -0.39 is 24.6 Å². The molecule has 0 aliphatic rings. The molecule has 0 N–H and O–H groups in total. The molecule has 6 heteroatoms. The smallest absolute Gasteiger partial charge is 0.347 e. The summed E-state index contributed by atoms with van der Waals surface area (Å²) in [6, 6.07) is 0. The molecule has 0 bridgehead atoms. The Kier molecular flexibility index (Phi) is 6.96. The Morgan fingerprint density at radius 2 is 2.00 bits per heavy atom. The molecule has 0 saturated heterocycles. The molecule has 0 aliphatic heterocycles. The minimum Gasteiger partial charge on any atom is -0.463 e. The first-order valence-corrected chi connectivity index (χ1v) is 4.57. The normalized spacial score (nSPS) is 11.3. The standard InChI is InChI=1S/C9H14O6/c1-3-7(9(12)14-4-2)15-8(11)5-13-6-10/h6-7H,3-5H2,1-2H3. The van der Waals surface area contributed by atoms with Gasteiger partial charge in [-0.2, -0.15) is 0 Å². The Hall–Kier alpha value is -1.59. The van der Waals surface area contributed by atoms with Crippen LogP contribution >= 0.6 is 0 Å². The van der Waals surface area contributed by atoms with E-state index in [0.717, 1.165) is 0 Å². The number of rotatable bonds is 7. The van der Waals surface area contributed by atoms with E-state index in [0.29, 0.717) is 6.42 Å². The Bertz CT molecular complexity index is 225. The van der Waals surface area contributed by atoms with Crippen LogP contribution in [0.5, 0.6) is 0 Å². The quantitative estimate of drug-likeness (QED) is 0.341. The summed E-state index contributed by atoms with van der Waals surface area (Å²) in [5.41, 5.74) is 0. The second-order valence-corrected chi connectivity index (χ2v) is 2.55. The van der Waals surface area contributed by atoms with E-state index >= 15 is 0 Å². The van der Waals surface area contributed by atoms with Crippen molar-refractivity contribution in [3.63, 3.8) is 0 Å². The summed E-state index contributed by atoms with van der Waals surface area (Å²) in [7, 11) is 0. The van der Waals surface area contributed by atoms with Gasteiger partial charge in [0.2, 0.25) is 0 Å². The first-order chi connectivity index (χ1) is 7.15. The highest BCUT2D eigenvalue weighted by molar-refractivity contribution is 5.80. The first kappa shape index (κ1) is 13.4. The van der Waals surface area contributed by atoms with E-state index in [1.165, 1.54) is 0 Å². The van der Waals surface area contributed by atoms with Crippen LogP contribution in [0.3, 0.4) is 0 Å². The average molecular weight is 218 g/mol. The molecular formula is C9H14O6. The van der Waals surface area contributed by atoms with Gasteiger partial charge in [0.15, 0.2) is 12.7 Å². The van der Waals surface area contributed by atoms with Crippen molar-refractivity contribution in [2.75, 3.05) is 13.2 Å². The lowest BCUT2D eigenvalue weighted by Gasteiger charge is -2.13. The van der Waals surface area contributed by atoms with E-state index in [1.54, 1.807) is 13.8 Å². The molecule has 0 heterocycles. The molecule has 0 saturated carbocycles. The van der Waals surface area contributed by atoms with Crippen molar-refractivity contribution in [2.45, 2.75) is 26.4 Å². The largest absolute Gasteiger partial charge is 0.463 e. The van der Waals surface area contributed by atoms with Crippen LogP contribution in [-0.4, -0.2) is 37.7 Å². The summed E-state index contributed by atoms with van der Waals surface area (Å²) in [6.07, 6.45) is -0.626. The fourth-order valence-corrected chi connectivity index (χ4v) is 0.828. The van der Waals surface area contributed by atoms with Crippen molar-refractivity contribution < 1.29 is 28.6 Å². The number of ether oxygens (including phenoxy) is 3. The zero-order valence-corrected chi connectivity index (χ0v) is 8.73. The average Bonchev–Trinajstić information content (AvgIpc) is 2.23. The van der Waals surface area contributed by atoms with Crippen LogP contribution in [0.4, 0.5) is 0 Å². The number of hydrogen-bond donors (Lipinski definition) is 0. The van der Waals surface area contributed by atoms with Gasteiger partial charge in [-0.25, -0.2) is 9.59 Å². The molecule has 0 aromatic carbocycles. The summed E-state index contributed by atoms with van der Waals surface area (Å²) in [4.78, 5) is 31.9. The van der Waals surface area contributed by atoms with Crippen LogP contribution in [-0.2, 0) is 28.6 Å². The lowest BCUT2D eigenvalue weighted by atomic mass is 10.3. The monoisotopic (exact) mass is 218 g/mol. The van der Waals surface area contributed by atoms with Crippen LogP contribution in [0.15, 0.2) is 0 Å². The molecule has 15 heavy (non-hydrogen) atoms. The van der Waals surface area contributed by atoms with E-state index in [2.05, 4.69) is 9.47 Å². The Balaban J connectivity index is 4.02. The van der Waals surface area contributed by atoms with Crippen LogP contribution in [0.2, 0.25) is 0 Å². The Morgan fingerprint density at radius 3 is 2.47 bits per heavy atom. The van der Waals surface area contributed by atoms with Crippen LogP contribution < -0.4 is 0 Å². The summed E-state index contributed by atoms with van der Waals surface area (Å²) in [5.74, 6) is -1.37. The summed E-state index contributed by atoms with van der Waals surface area (Å²) < 4.78 is 13.6. The summed E-state index contributed by atoms with van der Waals surface area (Å²) in [5, 5.41) is 0. The van der Waals surface area contributed by atoms with E-state index in [9.17, 15) is 14.4 Å². The third kappa shape index (κ3) is 5.66. The number of carbonyl (C=O) groups is 3. The zero-order chi connectivity index (χ0) is 11.7. The second-order valence-electron chi connectivity index (χ2n) is 2.55. The number of carbonyl (C=O) groups excluding carboxylic acids is 3. The maximum absolute atomic E-state index is 11.2. The van der Waals surface area contributed by atoms with Crippen molar-refractivity contribution in [1.82, 2.24) is 0 Å². The molecule has 0 spiro atoms.